The average molecular weight is 400 g/mol. The summed E-state index contributed by atoms with van der Waals surface area (Å²) in [6, 6.07) is 14.4. The molecular formula is C20H17FN2O4S. The standard InChI is InChI=1S/C20H17FN2O4S/c1-27-17-7-9-18(10-8-17)28(25,26)19-11-4-15(13-22-19)20(24)23-12-14-2-5-16(21)6-3-14/h2-11,13H,12H2,1H3,(H,23,24). The number of methoxy groups -OCH3 is 1. The van der Waals surface area contributed by atoms with E-state index in [-0.39, 0.29) is 27.8 Å². The third-order valence-electron chi connectivity index (χ3n) is 4.01. The number of carbonyl (C=O) groups excluding carboxylic acids is 1. The van der Waals surface area contributed by atoms with Gasteiger partial charge in [0.05, 0.1) is 17.6 Å². The lowest BCUT2D eigenvalue weighted by molar-refractivity contribution is 0.0950. The molecule has 1 N–H and O–H groups in total. The first-order valence-electron chi connectivity index (χ1n) is 8.28. The van der Waals surface area contributed by atoms with Crippen molar-refractivity contribution in [3.05, 3.63) is 83.8 Å². The number of benzene rings is 2. The molecule has 0 aliphatic rings. The van der Waals surface area contributed by atoms with Crippen LogP contribution >= 0.6 is 0 Å². The van der Waals surface area contributed by atoms with Crippen LogP contribution in [0.15, 0.2) is 76.8 Å². The highest BCUT2D eigenvalue weighted by Crippen LogP contribution is 2.21. The Labute approximate surface area is 161 Å². The summed E-state index contributed by atoms with van der Waals surface area (Å²) in [7, 11) is -2.31. The van der Waals surface area contributed by atoms with E-state index >= 15 is 0 Å². The number of carbonyl (C=O) groups is 1. The number of rotatable bonds is 6. The SMILES string of the molecule is COc1ccc(S(=O)(=O)c2ccc(C(=O)NCc3ccc(F)cc3)cn2)cc1. The number of hydrogen-bond donors (Lipinski definition) is 1. The van der Waals surface area contributed by atoms with Crippen molar-refractivity contribution < 1.29 is 22.3 Å². The maximum absolute atomic E-state index is 12.9. The summed E-state index contributed by atoms with van der Waals surface area (Å²) < 4.78 is 43.1. The van der Waals surface area contributed by atoms with Gasteiger partial charge in [0, 0.05) is 12.7 Å². The van der Waals surface area contributed by atoms with Gasteiger partial charge in [-0.3, -0.25) is 4.79 Å². The first-order chi connectivity index (χ1) is 13.4. The van der Waals surface area contributed by atoms with Crippen molar-refractivity contribution in [1.29, 1.82) is 0 Å². The molecule has 0 aliphatic carbocycles. The van der Waals surface area contributed by atoms with Crippen LogP contribution < -0.4 is 10.1 Å². The maximum Gasteiger partial charge on any atom is 0.253 e. The number of pyridine rings is 1. The van der Waals surface area contributed by atoms with Crippen molar-refractivity contribution in [2.45, 2.75) is 16.5 Å². The molecule has 0 fully saturated rings. The summed E-state index contributed by atoms with van der Waals surface area (Å²) in [5.74, 6) is -0.224. The number of halogens is 1. The van der Waals surface area contributed by atoms with Crippen LogP contribution in [0.2, 0.25) is 0 Å². The van der Waals surface area contributed by atoms with Gasteiger partial charge in [0.15, 0.2) is 5.03 Å². The second kappa shape index (κ2) is 8.18. The zero-order valence-electron chi connectivity index (χ0n) is 14.9. The first kappa shape index (κ1) is 19.5. The summed E-state index contributed by atoms with van der Waals surface area (Å²) in [4.78, 5) is 16.2. The maximum atomic E-state index is 12.9. The Morgan fingerprint density at radius 2 is 1.71 bits per heavy atom. The predicted octanol–water partition coefficient (Wildman–Crippen LogP) is 2.99. The van der Waals surface area contributed by atoms with Crippen LogP contribution in [-0.4, -0.2) is 26.4 Å². The zero-order chi connectivity index (χ0) is 20.1. The van der Waals surface area contributed by atoms with Gasteiger partial charge in [-0.2, -0.15) is 0 Å². The van der Waals surface area contributed by atoms with E-state index in [0.717, 1.165) is 5.56 Å². The molecule has 3 rings (SSSR count). The first-order valence-corrected chi connectivity index (χ1v) is 9.76. The van der Waals surface area contributed by atoms with Crippen LogP contribution in [-0.2, 0) is 16.4 Å². The third-order valence-corrected chi connectivity index (χ3v) is 5.69. The molecule has 1 amide bonds. The van der Waals surface area contributed by atoms with Crippen LogP contribution in [0.5, 0.6) is 5.75 Å². The number of amides is 1. The van der Waals surface area contributed by atoms with Gasteiger partial charge in [-0.05, 0) is 54.1 Å². The molecule has 0 atom stereocenters. The quantitative estimate of drug-likeness (QED) is 0.688. The molecule has 0 spiro atoms. The van der Waals surface area contributed by atoms with Crippen LogP contribution in [0.3, 0.4) is 0 Å². The molecule has 1 aromatic heterocycles. The van der Waals surface area contributed by atoms with Gasteiger partial charge in [-0.15, -0.1) is 0 Å². The minimum atomic E-state index is -3.80. The predicted molar refractivity (Wildman–Crippen MR) is 100 cm³/mol. The summed E-state index contributed by atoms with van der Waals surface area (Å²) in [5.41, 5.74) is 0.956. The number of ether oxygens (including phenoxy) is 1. The smallest absolute Gasteiger partial charge is 0.253 e. The summed E-state index contributed by atoms with van der Waals surface area (Å²) in [6.07, 6.45) is 1.20. The van der Waals surface area contributed by atoms with Crippen molar-refractivity contribution in [3.8, 4) is 5.75 Å². The van der Waals surface area contributed by atoms with Gasteiger partial charge >= 0.3 is 0 Å². The Balaban J connectivity index is 1.71. The molecule has 2 aromatic carbocycles. The van der Waals surface area contributed by atoms with E-state index in [9.17, 15) is 17.6 Å². The fourth-order valence-electron chi connectivity index (χ4n) is 2.44. The summed E-state index contributed by atoms with van der Waals surface area (Å²) in [5, 5.41) is 2.51. The van der Waals surface area contributed by atoms with Gasteiger partial charge < -0.3 is 10.1 Å². The molecule has 1 heterocycles. The molecule has 144 valence electrons. The van der Waals surface area contributed by atoms with Crippen molar-refractivity contribution in [1.82, 2.24) is 10.3 Å². The average Bonchev–Trinajstić information content (AvgIpc) is 2.73. The number of nitrogens with one attached hydrogen (secondary N) is 1. The Kier molecular flexibility index (Phi) is 5.70. The second-order valence-corrected chi connectivity index (χ2v) is 7.77. The van der Waals surface area contributed by atoms with Crippen LogP contribution in [0.25, 0.3) is 0 Å². The molecule has 0 radical (unpaired) electrons. The van der Waals surface area contributed by atoms with E-state index in [2.05, 4.69) is 10.3 Å². The van der Waals surface area contributed by atoms with Crippen molar-refractivity contribution in [2.75, 3.05) is 7.11 Å². The topological polar surface area (TPSA) is 85.4 Å². The van der Waals surface area contributed by atoms with Gasteiger partial charge in [-0.25, -0.2) is 17.8 Å². The second-order valence-electron chi connectivity index (χ2n) is 5.87. The van der Waals surface area contributed by atoms with Crippen LogP contribution in [0.1, 0.15) is 15.9 Å². The van der Waals surface area contributed by atoms with Gasteiger partial charge in [0.25, 0.3) is 5.91 Å². The van der Waals surface area contributed by atoms with Crippen molar-refractivity contribution in [3.63, 3.8) is 0 Å². The lowest BCUT2D eigenvalue weighted by atomic mass is 10.2. The highest BCUT2D eigenvalue weighted by atomic mass is 32.2. The fraction of sp³-hybridized carbons (Fsp3) is 0.100. The number of hydrogen-bond acceptors (Lipinski definition) is 5. The lowest BCUT2D eigenvalue weighted by Gasteiger charge is -2.07. The van der Waals surface area contributed by atoms with E-state index in [1.54, 1.807) is 24.3 Å². The molecule has 0 bridgehead atoms. The van der Waals surface area contributed by atoms with Gasteiger partial charge in [-0.1, -0.05) is 12.1 Å². The number of sulfone groups is 1. The Morgan fingerprint density at radius 1 is 1.04 bits per heavy atom. The molecular weight excluding hydrogens is 383 g/mol. The monoisotopic (exact) mass is 400 g/mol. The molecule has 6 nitrogen and oxygen atoms in total. The molecule has 8 heteroatoms. The molecule has 28 heavy (non-hydrogen) atoms. The normalized spacial score (nSPS) is 11.1. The molecule has 0 saturated heterocycles. The summed E-state index contributed by atoms with van der Waals surface area (Å²) >= 11 is 0. The Morgan fingerprint density at radius 3 is 2.29 bits per heavy atom. The fourth-order valence-corrected chi connectivity index (χ4v) is 3.61. The molecule has 0 saturated carbocycles. The van der Waals surface area contributed by atoms with E-state index in [1.165, 1.54) is 49.7 Å². The number of nitrogens with zero attached hydrogens (tertiary/aromatic N) is 1. The number of aromatic nitrogens is 1. The summed E-state index contributed by atoms with van der Waals surface area (Å²) in [6.45, 7) is 0.213. The molecule has 3 aromatic rings. The Bertz CT molecular complexity index is 1060. The van der Waals surface area contributed by atoms with Crippen molar-refractivity contribution in [2.24, 2.45) is 0 Å². The zero-order valence-corrected chi connectivity index (χ0v) is 15.7. The van der Waals surface area contributed by atoms with E-state index in [4.69, 9.17) is 4.74 Å². The van der Waals surface area contributed by atoms with E-state index in [0.29, 0.717) is 5.75 Å². The molecule has 0 aliphatic heterocycles. The van der Waals surface area contributed by atoms with E-state index in [1.807, 2.05) is 0 Å². The third kappa shape index (κ3) is 4.34. The molecule has 0 unspecified atom stereocenters. The van der Waals surface area contributed by atoms with E-state index < -0.39 is 15.7 Å². The lowest BCUT2D eigenvalue weighted by Crippen LogP contribution is -2.23. The minimum Gasteiger partial charge on any atom is -0.497 e. The van der Waals surface area contributed by atoms with Crippen LogP contribution in [0.4, 0.5) is 4.39 Å². The van der Waals surface area contributed by atoms with Gasteiger partial charge in [0.2, 0.25) is 9.84 Å². The largest absolute Gasteiger partial charge is 0.497 e. The van der Waals surface area contributed by atoms with Gasteiger partial charge in [0.1, 0.15) is 11.6 Å². The van der Waals surface area contributed by atoms with Crippen molar-refractivity contribution >= 4 is 15.7 Å². The Hall–Kier alpha value is -3.26. The highest BCUT2D eigenvalue weighted by Gasteiger charge is 2.20. The highest BCUT2D eigenvalue weighted by molar-refractivity contribution is 7.91. The minimum absolute atomic E-state index is 0.0781. The van der Waals surface area contributed by atoms with Crippen LogP contribution in [0, 0.1) is 5.82 Å².